The van der Waals surface area contributed by atoms with E-state index in [2.05, 4.69) is 13.8 Å². The maximum absolute atomic E-state index is 12.0. The molecule has 0 radical (unpaired) electrons. The van der Waals surface area contributed by atoms with Crippen LogP contribution in [0.15, 0.2) is 36.5 Å². The Morgan fingerprint density at radius 1 is 1.30 bits per heavy atom. The van der Waals surface area contributed by atoms with Crippen LogP contribution in [0.2, 0.25) is 0 Å². The minimum absolute atomic E-state index is 0.530. The van der Waals surface area contributed by atoms with Crippen LogP contribution in [0.1, 0.15) is 0 Å². The summed E-state index contributed by atoms with van der Waals surface area (Å²) >= 11 is 0. The molecule has 0 spiro atoms. The molecule has 0 atom stereocenters. The molecule has 0 saturated carbocycles. The number of hydrogen-bond acceptors (Lipinski definition) is 7. The van der Waals surface area contributed by atoms with Gasteiger partial charge in [0.15, 0.2) is 0 Å². The Bertz CT molecular complexity index is 785. The van der Waals surface area contributed by atoms with Crippen molar-refractivity contribution < 1.29 is 33.4 Å². The predicted octanol–water partition coefficient (Wildman–Crippen LogP) is 1.17. The molecule has 2 aliphatic heterocycles. The number of fused-ring (bicyclic) bond motifs is 2. The van der Waals surface area contributed by atoms with Crippen LogP contribution in [-0.4, -0.2) is 32.4 Å². The number of carbonyl (C=O) groups is 1. The van der Waals surface area contributed by atoms with E-state index < -0.39 is 25.2 Å². The van der Waals surface area contributed by atoms with E-state index in [1.165, 1.54) is 6.20 Å². The topological polar surface area (TPSA) is 114 Å². The summed E-state index contributed by atoms with van der Waals surface area (Å²) in [7, 11) is -3.44. The van der Waals surface area contributed by atoms with Crippen molar-refractivity contribution in [2.24, 2.45) is 0 Å². The molecule has 2 aliphatic rings. The van der Waals surface area contributed by atoms with Gasteiger partial charge in [0.1, 0.15) is 0 Å². The van der Waals surface area contributed by atoms with E-state index >= 15 is 0 Å². The van der Waals surface area contributed by atoms with E-state index in [-0.39, 0.29) is 0 Å². The van der Waals surface area contributed by atoms with Gasteiger partial charge in [-0.25, -0.2) is 4.79 Å². The van der Waals surface area contributed by atoms with Crippen molar-refractivity contribution in [2.75, 3.05) is 0 Å². The average Bonchev–Trinajstić information content (AvgIpc) is 3.08. The second kappa shape index (κ2) is 3.30. The van der Waals surface area contributed by atoms with Crippen LogP contribution in [0, 0.1) is 0 Å². The second-order valence-corrected chi connectivity index (χ2v) is 6.43. The van der Waals surface area contributed by atoms with Gasteiger partial charge in [0.05, 0.1) is 5.52 Å². The molecular formula is C11H8NO7P. The molecule has 2 aromatic rings. The van der Waals surface area contributed by atoms with Gasteiger partial charge in [-0.3, -0.25) is 18.2 Å². The first-order valence-electron chi connectivity index (χ1n) is 5.64. The summed E-state index contributed by atoms with van der Waals surface area (Å²) in [4.78, 5) is 12.0. The average molecular weight is 297 g/mol. The van der Waals surface area contributed by atoms with Crippen molar-refractivity contribution in [3.8, 4) is 0 Å². The van der Waals surface area contributed by atoms with Crippen LogP contribution < -0.4 is 0 Å². The van der Waals surface area contributed by atoms with Crippen LogP contribution in [0.3, 0.4) is 0 Å². The summed E-state index contributed by atoms with van der Waals surface area (Å²) in [5.41, 5.74) is -1.57. The van der Waals surface area contributed by atoms with Crippen molar-refractivity contribution in [3.63, 3.8) is 0 Å². The van der Waals surface area contributed by atoms with Gasteiger partial charge in [0.25, 0.3) is 0 Å². The molecule has 2 saturated heterocycles. The molecule has 0 bridgehead atoms. The van der Waals surface area contributed by atoms with Crippen molar-refractivity contribution in [1.29, 1.82) is 0 Å². The summed E-state index contributed by atoms with van der Waals surface area (Å²) < 4.78 is 25.9. The largest absolute Gasteiger partial charge is 0.422 e. The van der Waals surface area contributed by atoms with Gasteiger partial charge in [0.2, 0.25) is 0 Å². The standard InChI is InChI=1S/C11H8NO7P/c13-9(12-6-5-7-3-1-2-4-8(7)12)17-10(14,15)11-18-20(11,16)19-11/h1-6,14-15H. The molecule has 8 nitrogen and oxygen atoms in total. The quantitative estimate of drug-likeness (QED) is 0.486. The lowest BCUT2D eigenvalue weighted by atomic mass is 10.2. The summed E-state index contributed by atoms with van der Waals surface area (Å²) in [5.74, 6) is -3.09. The molecule has 1 aromatic carbocycles. The Morgan fingerprint density at radius 3 is 2.60 bits per heavy atom. The highest BCUT2D eigenvalue weighted by Crippen LogP contribution is 2.99. The number of aromatic nitrogens is 1. The molecule has 2 N–H and O–H groups in total. The third kappa shape index (κ3) is 1.34. The number of para-hydroxylation sites is 1. The zero-order chi connectivity index (χ0) is 14.2. The van der Waals surface area contributed by atoms with Crippen LogP contribution in [0.5, 0.6) is 0 Å². The molecule has 104 valence electrons. The van der Waals surface area contributed by atoms with Crippen LogP contribution in [0.4, 0.5) is 4.79 Å². The number of benzene rings is 1. The van der Waals surface area contributed by atoms with Gasteiger partial charge in [-0.05, 0) is 12.1 Å². The van der Waals surface area contributed by atoms with E-state index in [9.17, 15) is 19.6 Å². The highest BCUT2D eigenvalue weighted by Gasteiger charge is 3.01. The molecule has 1 aromatic heterocycles. The molecule has 4 rings (SSSR count). The SMILES string of the molecule is O=C(OC(O)(O)C12OP1(=O)O2)n1ccc2ccccc21. The summed E-state index contributed by atoms with van der Waals surface area (Å²) in [6, 6.07) is 8.63. The van der Waals surface area contributed by atoms with Crippen molar-refractivity contribution >= 4 is 24.6 Å². The molecule has 0 unspecified atom stereocenters. The fraction of sp³-hybridized carbons (Fsp3) is 0.182. The van der Waals surface area contributed by atoms with Gasteiger partial charge < -0.3 is 14.9 Å². The highest BCUT2D eigenvalue weighted by atomic mass is 31.2. The lowest BCUT2D eigenvalue weighted by Gasteiger charge is -2.19. The molecular weight excluding hydrogens is 289 g/mol. The monoisotopic (exact) mass is 297 g/mol. The van der Waals surface area contributed by atoms with Crippen LogP contribution in [-0.2, 0) is 18.3 Å². The van der Waals surface area contributed by atoms with Crippen molar-refractivity contribution in [2.45, 2.75) is 11.5 Å². The first-order chi connectivity index (χ1) is 9.39. The lowest BCUT2D eigenvalue weighted by Crippen LogP contribution is -2.45. The maximum atomic E-state index is 12.0. The third-order valence-corrected chi connectivity index (χ3v) is 5.08. The summed E-state index contributed by atoms with van der Waals surface area (Å²) in [6.45, 7) is 0. The van der Waals surface area contributed by atoms with Crippen LogP contribution in [0.25, 0.3) is 10.9 Å². The molecule has 9 heteroatoms. The van der Waals surface area contributed by atoms with E-state index in [1.54, 1.807) is 30.3 Å². The zero-order valence-electron chi connectivity index (χ0n) is 9.79. The van der Waals surface area contributed by atoms with Gasteiger partial charge in [-0.15, -0.1) is 0 Å². The zero-order valence-corrected chi connectivity index (χ0v) is 10.7. The Balaban J connectivity index is 1.64. The molecule has 2 fully saturated rings. The van der Waals surface area contributed by atoms with E-state index in [0.29, 0.717) is 5.52 Å². The minimum atomic E-state index is -3.44. The van der Waals surface area contributed by atoms with Crippen molar-refractivity contribution in [3.05, 3.63) is 36.5 Å². The second-order valence-electron chi connectivity index (χ2n) is 4.48. The first-order valence-corrected chi connectivity index (χ1v) is 7.19. The molecule has 0 aliphatic carbocycles. The summed E-state index contributed by atoms with van der Waals surface area (Å²) in [6.07, 6.45) is 0.366. The number of carbonyl (C=O) groups excluding carboxylic acids is 1. The number of aliphatic hydroxyl groups is 2. The fourth-order valence-corrected chi connectivity index (χ4v) is 3.69. The number of hydrogen-bond donors (Lipinski definition) is 2. The number of nitrogens with zero attached hydrogens (tertiary/aromatic N) is 1. The van der Waals surface area contributed by atoms with E-state index in [4.69, 9.17) is 0 Å². The molecule has 3 heterocycles. The van der Waals surface area contributed by atoms with Crippen molar-refractivity contribution in [1.82, 2.24) is 4.57 Å². The Labute approximate surface area is 111 Å². The number of ether oxygens (including phenoxy) is 1. The Morgan fingerprint density at radius 2 is 1.95 bits per heavy atom. The number of rotatable bonds is 2. The fourth-order valence-electron chi connectivity index (χ4n) is 2.07. The maximum Gasteiger partial charge on any atom is 0.422 e. The smallest absolute Gasteiger partial charge is 0.386 e. The summed E-state index contributed by atoms with van der Waals surface area (Å²) in [5, 5.41) is 20.1. The Hall–Kier alpha value is -1.70. The molecule has 0 amide bonds. The predicted molar refractivity (Wildman–Crippen MR) is 63.5 cm³/mol. The van der Waals surface area contributed by atoms with E-state index in [0.717, 1.165) is 9.95 Å². The minimum Gasteiger partial charge on any atom is -0.386 e. The van der Waals surface area contributed by atoms with Gasteiger partial charge in [-0.1, -0.05) is 18.2 Å². The Kier molecular flexibility index (Phi) is 1.99. The normalized spacial score (nSPS) is 30.9. The van der Waals surface area contributed by atoms with Gasteiger partial charge in [0, 0.05) is 11.6 Å². The highest BCUT2D eigenvalue weighted by molar-refractivity contribution is 7.68. The third-order valence-electron chi connectivity index (χ3n) is 3.22. The first kappa shape index (κ1) is 12.1. The van der Waals surface area contributed by atoms with Gasteiger partial charge in [-0.2, -0.15) is 0 Å². The van der Waals surface area contributed by atoms with Crippen LogP contribution >= 0.6 is 7.60 Å². The van der Waals surface area contributed by atoms with E-state index in [1.807, 2.05) is 0 Å². The lowest BCUT2D eigenvalue weighted by molar-refractivity contribution is -0.364. The molecule has 20 heavy (non-hydrogen) atoms. The van der Waals surface area contributed by atoms with Gasteiger partial charge >= 0.3 is 25.2 Å².